The molecule has 0 aromatic rings. The summed E-state index contributed by atoms with van der Waals surface area (Å²) in [6.07, 6.45) is 5.15. The lowest BCUT2D eigenvalue weighted by Gasteiger charge is -2.34. The lowest BCUT2D eigenvalue weighted by Crippen LogP contribution is -2.49. The summed E-state index contributed by atoms with van der Waals surface area (Å²) in [6.45, 7) is 2.24. The Balaban J connectivity index is 1.71. The van der Waals surface area contributed by atoms with Gasteiger partial charge in [0.25, 0.3) is 0 Å². The molecule has 1 aliphatic carbocycles. The van der Waals surface area contributed by atoms with Crippen LogP contribution in [-0.4, -0.2) is 31.3 Å². The summed E-state index contributed by atoms with van der Waals surface area (Å²) in [7, 11) is 0. The molecule has 0 aromatic carbocycles. The van der Waals surface area contributed by atoms with Gasteiger partial charge in [-0.15, -0.1) is 0 Å². The number of alkyl halides is 1. The second kappa shape index (κ2) is 3.93. The molecule has 0 atom stereocenters. The highest BCUT2D eigenvalue weighted by Crippen LogP contribution is 2.24. The Kier molecular flexibility index (Phi) is 2.84. The minimum atomic E-state index is -0.930. The Morgan fingerprint density at radius 1 is 1.31 bits per heavy atom. The Hall–Kier alpha value is -0.150. The van der Waals surface area contributed by atoms with E-state index in [4.69, 9.17) is 0 Å². The van der Waals surface area contributed by atoms with E-state index >= 15 is 0 Å². The van der Waals surface area contributed by atoms with Gasteiger partial charge in [0.15, 0.2) is 0 Å². The third-order valence-corrected chi connectivity index (χ3v) is 3.31. The minimum absolute atomic E-state index is 0.569. The smallest absolute Gasteiger partial charge is 0.125 e. The monoisotopic (exact) mass is 186 g/mol. The van der Waals surface area contributed by atoms with E-state index in [9.17, 15) is 4.39 Å². The van der Waals surface area contributed by atoms with Crippen molar-refractivity contribution in [1.29, 1.82) is 0 Å². The van der Waals surface area contributed by atoms with E-state index in [1.165, 1.54) is 19.3 Å². The molecule has 1 heterocycles. The summed E-state index contributed by atoms with van der Waals surface area (Å²) in [5.74, 6) is 0. The van der Waals surface area contributed by atoms with Crippen molar-refractivity contribution >= 4 is 0 Å². The van der Waals surface area contributed by atoms with Crippen molar-refractivity contribution in [1.82, 2.24) is 10.6 Å². The highest BCUT2D eigenvalue weighted by atomic mass is 19.1. The molecule has 2 rings (SSSR count). The summed E-state index contributed by atoms with van der Waals surface area (Å²) in [5, 5.41) is 6.51. The number of nitrogens with one attached hydrogen (secondary N) is 2. The van der Waals surface area contributed by atoms with Crippen LogP contribution < -0.4 is 10.6 Å². The minimum Gasteiger partial charge on any atom is -0.316 e. The van der Waals surface area contributed by atoms with Crippen molar-refractivity contribution in [2.45, 2.75) is 43.8 Å². The molecule has 1 aliphatic heterocycles. The normalized spacial score (nSPS) is 28.4. The zero-order chi connectivity index (χ0) is 9.15. The molecule has 0 unspecified atom stereocenters. The maximum Gasteiger partial charge on any atom is 0.125 e. The Bertz CT molecular complexity index is 162. The number of hydrogen-bond donors (Lipinski definition) is 2. The van der Waals surface area contributed by atoms with Gasteiger partial charge in [0.2, 0.25) is 0 Å². The molecule has 13 heavy (non-hydrogen) atoms. The molecule has 1 saturated heterocycles. The standard InChI is InChI=1S/C10H19FN2/c11-10(4-6-12-7-5-10)8-13-9-2-1-3-9/h9,12-13H,1-8H2. The quantitative estimate of drug-likeness (QED) is 0.692. The summed E-state index contributed by atoms with van der Waals surface area (Å²) in [6, 6.07) is 0.613. The van der Waals surface area contributed by atoms with Gasteiger partial charge in [-0.25, -0.2) is 4.39 Å². The molecule has 0 amide bonds. The van der Waals surface area contributed by atoms with Crippen molar-refractivity contribution in [2.75, 3.05) is 19.6 Å². The lowest BCUT2D eigenvalue weighted by molar-refractivity contribution is 0.104. The van der Waals surface area contributed by atoms with Crippen LogP contribution in [0.3, 0.4) is 0 Å². The Morgan fingerprint density at radius 3 is 2.54 bits per heavy atom. The molecule has 0 bridgehead atoms. The van der Waals surface area contributed by atoms with E-state index < -0.39 is 5.67 Å². The molecular weight excluding hydrogens is 167 g/mol. The fraction of sp³-hybridized carbons (Fsp3) is 1.00. The van der Waals surface area contributed by atoms with Gasteiger partial charge in [0, 0.05) is 12.6 Å². The fourth-order valence-electron chi connectivity index (χ4n) is 1.99. The Labute approximate surface area is 79.3 Å². The molecule has 0 aromatic heterocycles. The van der Waals surface area contributed by atoms with Gasteiger partial charge in [-0.1, -0.05) is 6.42 Å². The highest BCUT2D eigenvalue weighted by molar-refractivity contribution is 4.89. The number of hydrogen-bond acceptors (Lipinski definition) is 2. The van der Waals surface area contributed by atoms with E-state index in [1.54, 1.807) is 0 Å². The predicted molar refractivity (Wildman–Crippen MR) is 51.6 cm³/mol. The number of rotatable bonds is 3. The van der Waals surface area contributed by atoms with Crippen LogP contribution in [0.25, 0.3) is 0 Å². The molecule has 0 spiro atoms. The average Bonchev–Trinajstić information content (AvgIpc) is 2.02. The van der Waals surface area contributed by atoms with Crippen molar-refractivity contribution < 1.29 is 4.39 Å². The lowest BCUT2D eigenvalue weighted by atomic mass is 9.90. The summed E-state index contributed by atoms with van der Waals surface area (Å²) in [5.41, 5.74) is -0.930. The van der Waals surface area contributed by atoms with E-state index in [-0.39, 0.29) is 0 Å². The number of piperidine rings is 1. The van der Waals surface area contributed by atoms with E-state index in [0.717, 1.165) is 13.1 Å². The first-order chi connectivity index (χ1) is 6.29. The molecule has 2 fully saturated rings. The van der Waals surface area contributed by atoms with Gasteiger partial charge >= 0.3 is 0 Å². The van der Waals surface area contributed by atoms with Crippen molar-refractivity contribution in [3.05, 3.63) is 0 Å². The first-order valence-electron chi connectivity index (χ1n) is 5.42. The second-order valence-electron chi connectivity index (χ2n) is 4.41. The molecular formula is C10H19FN2. The zero-order valence-electron chi connectivity index (χ0n) is 8.11. The van der Waals surface area contributed by atoms with Crippen molar-refractivity contribution in [3.8, 4) is 0 Å². The number of halogens is 1. The summed E-state index contributed by atoms with van der Waals surface area (Å²) >= 11 is 0. The van der Waals surface area contributed by atoms with Crippen LogP contribution in [0.5, 0.6) is 0 Å². The van der Waals surface area contributed by atoms with Crippen LogP contribution in [0.1, 0.15) is 32.1 Å². The summed E-state index contributed by atoms with van der Waals surface area (Å²) in [4.78, 5) is 0. The van der Waals surface area contributed by atoms with E-state index in [0.29, 0.717) is 25.4 Å². The SMILES string of the molecule is FC1(CNC2CCC2)CCNCC1. The third kappa shape index (κ3) is 2.41. The van der Waals surface area contributed by atoms with Gasteiger partial charge in [0.1, 0.15) is 5.67 Å². The van der Waals surface area contributed by atoms with Gasteiger partial charge in [-0.3, -0.25) is 0 Å². The largest absolute Gasteiger partial charge is 0.316 e. The van der Waals surface area contributed by atoms with E-state index in [1.807, 2.05) is 0 Å². The van der Waals surface area contributed by atoms with Crippen LogP contribution in [0.15, 0.2) is 0 Å². The maximum absolute atomic E-state index is 14.0. The van der Waals surface area contributed by atoms with Crippen LogP contribution in [0.2, 0.25) is 0 Å². The topological polar surface area (TPSA) is 24.1 Å². The van der Waals surface area contributed by atoms with E-state index in [2.05, 4.69) is 10.6 Å². The first kappa shape index (κ1) is 9.41. The molecule has 76 valence electrons. The van der Waals surface area contributed by atoms with Gasteiger partial charge < -0.3 is 10.6 Å². The summed E-state index contributed by atoms with van der Waals surface area (Å²) < 4.78 is 14.0. The molecule has 0 radical (unpaired) electrons. The zero-order valence-corrected chi connectivity index (χ0v) is 8.11. The maximum atomic E-state index is 14.0. The molecule has 2 aliphatic rings. The molecule has 3 heteroatoms. The van der Waals surface area contributed by atoms with Gasteiger partial charge in [-0.05, 0) is 38.8 Å². The second-order valence-corrected chi connectivity index (χ2v) is 4.41. The highest BCUT2D eigenvalue weighted by Gasteiger charge is 2.32. The van der Waals surface area contributed by atoms with Gasteiger partial charge in [0.05, 0.1) is 0 Å². The predicted octanol–water partition coefficient (Wildman–Crippen LogP) is 1.22. The van der Waals surface area contributed by atoms with Crippen LogP contribution in [-0.2, 0) is 0 Å². The van der Waals surface area contributed by atoms with Gasteiger partial charge in [-0.2, -0.15) is 0 Å². The van der Waals surface area contributed by atoms with Crippen molar-refractivity contribution in [3.63, 3.8) is 0 Å². The fourth-order valence-corrected chi connectivity index (χ4v) is 1.99. The Morgan fingerprint density at radius 2 is 2.00 bits per heavy atom. The molecule has 2 nitrogen and oxygen atoms in total. The average molecular weight is 186 g/mol. The van der Waals surface area contributed by atoms with Crippen LogP contribution >= 0.6 is 0 Å². The van der Waals surface area contributed by atoms with Crippen molar-refractivity contribution in [2.24, 2.45) is 0 Å². The molecule has 1 saturated carbocycles. The molecule has 2 N–H and O–H groups in total. The van der Waals surface area contributed by atoms with Crippen LogP contribution in [0.4, 0.5) is 4.39 Å². The first-order valence-corrected chi connectivity index (χ1v) is 5.42. The third-order valence-electron chi connectivity index (χ3n) is 3.31. The van der Waals surface area contributed by atoms with Crippen LogP contribution in [0, 0.1) is 0 Å².